The monoisotopic (exact) mass is 304 g/mol. The molecule has 0 saturated heterocycles. The predicted octanol–water partition coefficient (Wildman–Crippen LogP) is 1.93. The summed E-state index contributed by atoms with van der Waals surface area (Å²) in [5.74, 6) is -4.16. The van der Waals surface area contributed by atoms with Crippen molar-refractivity contribution in [1.82, 2.24) is 0 Å². The minimum Gasteiger partial charge on any atom is -0.478 e. The molecule has 0 unspecified atom stereocenters. The molecule has 0 amide bonds. The largest absolute Gasteiger partial charge is 0.478 e. The minimum absolute atomic E-state index is 0.190. The summed E-state index contributed by atoms with van der Waals surface area (Å²) in [6.45, 7) is 1.34. The van der Waals surface area contributed by atoms with Gasteiger partial charge in [0.15, 0.2) is 5.79 Å². The summed E-state index contributed by atoms with van der Waals surface area (Å²) in [5, 5.41) is 35.2. The Labute approximate surface area is 126 Å². The fourth-order valence-electron chi connectivity index (χ4n) is 1.61. The van der Waals surface area contributed by atoms with Crippen LogP contribution in [0.2, 0.25) is 0 Å². The third kappa shape index (κ3) is 5.01. The van der Waals surface area contributed by atoms with E-state index in [2.05, 4.69) is 0 Å². The Morgan fingerprint density at radius 1 is 0.773 bits per heavy atom. The zero-order chi connectivity index (χ0) is 16.8. The second kappa shape index (κ2) is 7.35. The number of benzene rings is 2. The number of carboxylic acids is 2. The maximum absolute atomic E-state index is 10.5. The van der Waals surface area contributed by atoms with Crippen LogP contribution in [0.1, 0.15) is 33.2 Å². The van der Waals surface area contributed by atoms with E-state index in [-0.39, 0.29) is 11.1 Å². The van der Waals surface area contributed by atoms with Gasteiger partial charge in [-0.25, -0.2) is 9.59 Å². The van der Waals surface area contributed by atoms with Gasteiger partial charge in [-0.15, -0.1) is 0 Å². The van der Waals surface area contributed by atoms with Gasteiger partial charge >= 0.3 is 11.9 Å². The van der Waals surface area contributed by atoms with Crippen LogP contribution in [0.25, 0.3) is 0 Å². The third-order valence-electron chi connectivity index (χ3n) is 2.71. The van der Waals surface area contributed by atoms with Crippen molar-refractivity contribution in [3.05, 3.63) is 71.3 Å². The molecule has 0 heterocycles. The number of hydrogen-bond donors (Lipinski definition) is 4. The molecule has 6 heteroatoms. The lowest BCUT2D eigenvalue weighted by atomic mass is 10.1. The molecule has 2 rings (SSSR count). The van der Waals surface area contributed by atoms with Gasteiger partial charge in [-0.05, 0) is 19.1 Å². The first-order valence-electron chi connectivity index (χ1n) is 6.29. The van der Waals surface area contributed by atoms with Crippen LogP contribution in [0, 0.1) is 0 Å². The van der Waals surface area contributed by atoms with Gasteiger partial charge in [0.2, 0.25) is 0 Å². The molecule has 0 aliphatic carbocycles. The predicted molar refractivity (Wildman–Crippen MR) is 78.6 cm³/mol. The molecule has 116 valence electrons. The fourth-order valence-corrected chi connectivity index (χ4v) is 1.61. The standard InChI is InChI=1S/C8H6O4.C8H10O2/c9-7(10)5-3-1-2-4-6(5)8(11)12;1-8(9,10)7-5-3-2-4-6-7/h1-4H,(H,9,10)(H,11,12);2-6,9-10H,1H3. The maximum atomic E-state index is 10.5. The van der Waals surface area contributed by atoms with Gasteiger partial charge in [-0.3, -0.25) is 0 Å². The summed E-state index contributed by atoms with van der Waals surface area (Å²) in [7, 11) is 0. The summed E-state index contributed by atoms with van der Waals surface area (Å²) in [6, 6.07) is 14.2. The topological polar surface area (TPSA) is 115 Å². The molecule has 0 saturated carbocycles. The molecular weight excluding hydrogens is 288 g/mol. The van der Waals surface area contributed by atoms with Crippen LogP contribution in [-0.2, 0) is 5.79 Å². The average Bonchev–Trinajstić information content (AvgIpc) is 2.48. The van der Waals surface area contributed by atoms with E-state index in [9.17, 15) is 9.59 Å². The van der Waals surface area contributed by atoms with Crippen molar-refractivity contribution in [1.29, 1.82) is 0 Å². The molecule has 0 atom stereocenters. The second-order valence-electron chi connectivity index (χ2n) is 4.54. The first-order chi connectivity index (χ1) is 10.2. The molecule has 0 radical (unpaired) electrons. The van der Waals surface area contributed by atoms with E-state index in [1.165, 1.54) is 31.2 Å². The van der Waals surface area contributed by atoms with E-state index in [4.69, 9.17) is 20.4 Å². The Hall–Kier alpha value is -2.70. The van der Waals surface area contributed by atoms with Gasteiger partial charge in [0.1, 0.15) is 0 Å². The highest BCUT2D eigenvalue weighted by atomic mass is 16.5. The van der Waals surface area contributed by atoms with Crippen molar-refractivity contribution in [2.24, 2.45) is 0 Å². The smallest absolute Gasteiger partial charge is 0.336 e. The lowest BCUT2D eigenvalue weighted by molar-refractivity contribution is -0.152. The molecule has 6 nitrogen and oxygen atoms in total. The Morgan fingerprint density at radius 3 is 1.41 bits per heavy atom. The molecule has 4 N–H and O–H groups in total. The van der Waals surface area contributed by atoms with E-state index in [0.29, 0.717) is 5.56 Å². The van der Waals surface area contributed by atoms with Crippen LogP contribution in [0.3, 0.4) is 0 Å². The van der Waals surface area contributed by atoms with Crippen molar-refractivity contribution in [3.63, 3.8) is 0 Å². The van der Waals surface area contributed by atoms with Crippen LogP contribution in [0.5, 0.6) is 0 Å². The highest BCUT2D eigenvalue weighted by Crippen LogP contribution is 2.15. The highest BCUT2D eigenvalue weighted by molar-refractivity contribution is 6.01. The van der Waals surface area contributed by atoms with Crippen LogP contribution in [-0.4, -0.2) is 32.4 Å². The lowest BCUT2D eigenvalue weighted by Crippen LogP contribution is -2.19. The summed E-state index contributed by atoms with van der Waals surface area (Å²) in [5.41, 5.74) is 0.130. The van der Waals surface area contributed by atoms with Crippen LogP contribution >= 0.6 is 0 Å². The maximum Gasteiger partial charge on any atom is 0.336 e. The van der Waals surface area contributed by atoms with Gasteiger partial charge in [0.25, 0.3) is 0 Å². The lowest BCUT2D eigenvalue weighted by Gasteiger charge is -2.15. The Kier molecular flexibility index (Phi) is 5.80. The van der Waals surface area contributed by atoms with Crippen LogP contribution < -0.4 is 0 Å². The summed E-state index contributed by atoms with van der Waals surface area (Å²) < 4.78 is 0. The highest BCUT2D eigenvalue weighted by Gasteiger charge is 2.16. The Bertz CT molecular complexity index is 610. The number of aromatic carboxylic acids is 2. The Balaban J connectivity index is 0.000000224. The number of carboxylic acid groups (broad SMARTS) is 2. The van der Waals surface area contributed by atoms with E-state index < -0.39 is 17.7 Å². The van der Waals surface area contributed by atoms with Gasteiger partial charge in [-0.1, -0.05) is 42.5 Å². The molecule has 22 heavy (non-hydrogen) atoms. The second-order valence-corrected chi connectivity index (χ2v) is 4.54. The molecule has 0 aliphatic rings. The molecule has 2 aromatic rings. The average molecular weight is 304 g/mol. The van der Waals surface area contributed by atoms with E-state index in [1.807, 2.05) is 6.07 Å². The summed E-state index contributed by atoms with van der Waals surface area (Å²) in [4.78, 5) is 20.9. The Morgan fingerprint density at radius 2 is 1.14 bits per heavy atom. The summed E-state index contributed by atoms with van der Waals surface area (Å²) in [6.07, 6.45) is 0. The van der Waals surface area contributed by atoms with Crippen LogP contribution in [0.4, 0.5) is 0 Å². The molecule has 0 aromatic heterocycles. The molecule has 2 aromatic carbocycles. The number of hydrogen-bond acceptors (Lipinski definition) is 4. The first-order valence-corrected chi connectivity index (χ1v) is 6.29. The molecular formula is C16H16O6. The first kappa shape index (κ1) is 17.4. The van der Waals surface area contributed by atoms with Crippen molar-refractivity contribution in [2.45, 2.75) is 12.7 Å². The molecule has 0 spiro atoms. The minimum atomic E-state index is -1.71. The van der Waals surface area contributed by atoms with Gasteiger partial charge in [0.05, 0.1) is 11.1 Å². The van der Waals surface area contributed by atoms with E-state index in [1.54, 1.807) is 24.3 Å². The van der Waals surface area contributed by atoms with Crippen molar-refractivity contribution in [3.8, 4) is 0 Å². The molecule has 0 bridgehead atoms. The van der Waals surface area contributed by atoms with Gasteiger partial charge in [0, 0.05) is 5.56 Å². The quantitative estimate of drug-likeness (QED) is 0.644. The van der Waals surface area contributed by atoms with E-state index >= 15 is 0 Å². The number of aliphatic hydroxyl groups is 2. The fraction of sp³-hybridized carbons (Fsp3) is 0.125. The van der Waals surface area contributed by atoms with E-state index in [0.717, 1.165) is 0 Å². The summed E-state index contributed by atoms with van der Waals surface area (Å²) >= 11 is 0. The zero-order valence-electron chi connectivity index (χ0n) is 11.8. The normalized spacial score (nSPS) is 10.3. The van der Waals surface area contributed by atoms with Gasteiger partial charge in [-0.2, -0.15) is 0 Å². The SMILES string of the molecule is CC(O)(O)c1ccccc1.O=C(O)c1ccccc1C(=O)O. The molecule has 0 aliphatic heterocycles. The van der Waals surface area contributed by atoms with Crippen LogP contribution in [0.15, 0.2) is 54.6 Å². The van der Waals surface area contributed by atoms with Crippen molar-refractivity contribution >= 4 is 11.9 Å². The third-order valence-corrected chi connectivity index (χ3v) is 2.71. The van der Waals surface area contributed by atoms with Crippen molar-refractivity contribution in [2.75, 3.05) is 0 Å². The zero-order valence-corrected chi connectivity index (χ0v) is 11.8. The van der Waals surface area contributed by atoms with Gasteiger partial charge < -0.3 is 20.4 Å². The van der Waals surface area contributed by atoms with Crippen molar-refractivity contribution < 1.29 is 30.0 Å². The molecule has 0 fully saturated rings. The number of rotatable bonds is 3. The number of carbonyl (C=O) groups is 2.